The van der Waals surface area contributed by atoms with Gasteiger partial charge in [0.1, 0.15) is 31.0 Å². The summed E-state index contributed by atoms with van der Waals surface area (Å²) in [5.41, 5.74) is 3.36. The Kier molecular flexibility index (Phi) is 11.1. The van der Waals surface area contributed by atoms with Gasteiger partial charge in [-0.15, -0.1) is 0 Å². The van der Waals surface area contributed by atoms with Crippen molar-refractivity contribution >= 4 is 6.21 Å². The first kappa shape index (κ1) is 24.3. The monoisotopic (exact) mass is 425 g/mol. The van der Waals surface area contributed by atoms with E-state index in [1.165, 1.54) is 0 Å². The molecule has 0 radical (unpaired) electrons. The van der Waals surface area contributed by atoms with Gasteiger partial charge in [0.05, 0.1) is 13.2 Å². The van der Waals surface area contributed by atoms with Gasteiger partial charge in [0.25, 0.3) is 0 Å². The molecule has 2 aromatic rings. The van der Waals surface area contributed by atoms with Gasteiger partial charge in [-0.25, -0.2) is 0 Å². The first-order chi connectivity index (χ1) is 15.1. The molecule has 0 bridgehead atoms. The zero-order chi connectivity index (χ0) is 22.3. The Labute approximate surface area is 186 Å². The lowest BCUT2D eigenvalue weighted by Crippen LogP contribution is -2.03. The van der Waals surface area contributed by atoms with Crippen LogP contribution in [0, 0.1) is 13.8 Å². The third-order valence-corrected chi connectivity index (χ3v) is 4.72. The fourth-order valence-electron chi connectivity index (χ4n) is 3.19. The Morgan fingerprint density at radius 1 is 0.871 bits per heavy atom. The van der Waals surface area contributed by atoms with Gasteiger partial charge in [-0.1, -0.05) is 29.4 Å². The molecule has 0 spiro atoms. The van der Waals surface area contributed by atoms with Gasteiger partial charge in [0, 0.05) is 12.6 Å². The van der Waals surface area contributed by atoms with Gasteiger partial charge >= 0.3 is 0 Å². The van der Waals surface area contributed by atoms with E-state index in [1.807, 2.05) is 49.4 Å². The number of unbranched alkanes of at least 4 members (excludes halogenated alkanes) is 2. The summed E-state index contributed by atoms with van der Waals surface area (Å²) in [5, 5.41) is 3.77. The van der Waals surface area contributed by atoms with Crippen molar-refractivity contribution in [3.63, 3.8) is 0 Å². The van der Waals surface area contributed by atoms with Crippen LogP contribution >= 0.6 is 0 Å². The SMILES string of the molecule is C/C=C/COc1cc(C)c(OCCCCCOc2cccc(CC=NOC)c2)c(C)c1. The largest absolute Gasteiger partial charge is 0.494 e. The molecule has 0 aliphatic heterocycles. The lowest BCUT2D eigenvalue weighted by atomic mass is 10.1. The van der Waals surface area contributed by atoms with Crippen LogP contribution in [0.25, 0.3) is 0 Å². The standard InChI is InChI=1S/C26H35NO4/c1-5-6-15-30-25-18-21(2)26(22(3)19-25)31-17-9-7-8-16-29-24-12-10-11-23(20-24)13-14-27-28-4/h5-6,10-12,14,18-20H,7-9,13,15-17H2,1-4H3/b6-5+,27-14?. The number of ether oxygens (including phenoxy) is 3. The zero-order valence-corrected chi connectivity index (χ0v) is 19.2. The van der Waals surface area contributed by atoms with Gasteiger partial charge in [-0.3, -0.25) is 0 Å². The van der Waals surface area contributed by atoms with E-state index in [2.05, 4.69) is 29.9 Å². The molecule has 0 aliphatic rings. The molecule has 0 amide bonds. The molecule has 0 aliphatic carbocycles. The third-order valence-electron chi connectivity index (χ3n) is 4.72. The second-order valence-electron chi connectivity index (χ2n) is 7.35. The van der Waals surface area contributed by atoms with Crippen molar-refractivity contribution in [2.45, 2.75) is 46.5 Å². The van der Waals surface area contributed by atoms with E-state index in [0.29, 0.717) is 19.8 Å². The highest BCUT2D eigenvalue weighted by molar-refractivity contribution is 5.61. The number of rotatable bonds is 14. The number of oxime groups is 1. The molecule has 2 aromatic carbocycles. The number of nitrogens with zero attached hydrogens (tertiary/aromatic N) is 1. The molecule has 2 rings (SSSR count). The van der Waals surface area contributed by atoms with Crippen molar-refractivity contribution in [2.75, 3.05) is 26.9 Å². The predicted molar refractivity (Wildman–Crippen MR) is 127 cm³/mol. The Balaban J connectivity index is 1.66. The van der Waals surface area contributed by atoms with Crippen LogP contribution < -0.4 is 14.2 Å². The molecule has 0 aromatic heterocycles. The molecule has 0 atom stereocenters. The molecule has 168 valence electrons. The summed E-state index contributed by atoms with van der Waals surface area (Å²) in [6.07, 6.45) is 9.50. The zero-order valence-electron chi connectivity index (χ0n) is 19.2. The molecule has 0 fully saturated rings. The second-order valence-corrected chi connectivity index (χ2v) is 7.35. The summed E-state index contributed by atoms with van der Waals surface area (Å²) >= 11 is 0. The van der Waals surface area contributed by atoms with E-state index in [0.717, 1.165) is 59.6 Å². The summed E-state index contributed by atoms with van der Waals surface area (Å²) in [5.74, 6) is 2.73. The van der Waals surface area contributed by atoms with Crippen LogP contribution in [0.5, 0.6) is 17.2 Å². The van der Waals surface area contributed by atoms with E-state index < -0.39 is 0 Å². The van der Waals surface area contributed by atoms with Gasteiger partial charge < -0.3 is 19.0 Å². The topological polar surface area (TPSA) is 49.3 Å². The number of hydrogen-bond donors (Lipinski definition) is 0. The van der Waals surface area contributed by atoms with Crippen LogP contribution in [0.2, 0.25) is 0 Å². The second kappa shape index (κ2) is 14.1. The first-order valence-corrected chi connectivity index (χ1v) is 10.9. The summed E-state index contributed by atoms with van der Waals surface area (Å²) in [7, 11) is 1.54. The van der Waals surface area contributed by atoms with Crippen LogP contribution in [-0.2, 0) is 11.3 Å². The summed E-state index contributed by atoms with van der Waals surface area (Å²) in [6.45, 7) is 8.11. The van der Waals surface area contributed by atoms with Gasteiger partial charge in [-0.2, -0.15) is 0 Å². The number of aryl methyl sites for hydroxylation is 2. The van der Waals surface area contributed by atoms with Gasteiger partial charge in [0.15, 0.2) is 0 Å². The maximum absolute atomic E-state index is 6.04. The van der Waals surface area contributed by atoms with Crippen molar-refractivity contribution in [3.05, 3.63) is 65.2 Å². The average molecular weight is 426 g/mol. The van der Waals surface area contributed by atoms with Crippen molar-refractivity contribution in [1.29, 1.82) is 0 Å². The molecule has 0 unspecified atom stereocenters. The van der Waals surface area contributed by atoms with Crippen LogP contribution in [0.15, 0.2) is 53.7 Å². The molecule has 31 heavy (non-hydrogen) atoms. The highest BCUT2D eigenvalue weighted by Gasteiger charge is 2.07. The molecule has 0 saturated heterocycles. The van der Waals surface area contributed by atoms with Gasteiger partial charge in [-0.05, 0) is 81.0 Å². The number of benzene rings is 2. The van der Waals surface area contributed by atoms with E-state index in [1.54, 1.807) is 13.3 Å². The number of allylic oxidation sites excluding steroid dienone is 1. The van der Waals surface area contributed by atoms with Crippen molar-refractivity contribution in [1.82, 2.24) is 0 Å². The average Bonchev–Trinajstić information content (AvgIpc) is 2.75. The van der Waals surface area contributed by atoms with Gasteiger partial charge in [0.2, 0.25) is 0 Å². The normalized spacial score (nSPS) is 11.2. The van der Waals surface area contributed by atoms with Crippen molar-refractivity contribution in [3.8, 4) is 17.2 Å². The molecule has 5 heteroatoms. The maximum atomic E-state index is 6.04. The fraction of sp³-hybridized carbons (Fsp3) is 0.423. The fourth-order valence-corrected chi connectivity index (χ4v) is 3.19. The maximum Gasteiger partial charge on any atom is 0.125 e. The number of hydrogen-bond acceptors (Lipinski definition) is 5. The van der Waals surface area contributed by atoms with Crippen LogP contribution in [0.3, 0.4) is 0 Å². The first-order valence-electron chi connectivity index (χ1n) is 10.9. The predicted octanol–water partition coefficient (Wildman–Crippen LogP) is 6.06. The smallest absolute Gasteiger partial charge is 0.125 e. The van der Waals surface area contributed by atoms with E-state index in [9.17, 15) is 0 Å². The Hall–Kier alpha value is -2.95. The molecule has 0 heterocycles. The minimum atomic E-state index is 0.587. The van der Waals surface area contributed by atoms with Crippen molar-refractivity contribution in [2.24, 2.45) is 5.16 Å². The Bertz CT molecular complexity index is 822. The highest BCUT2D eigenvalue weighted by atomic mass is 16.6. The lowest BCUT2D eigenvalue weighted by Gasteiger charge is -2.14. The van der Waals surface area contributed by atoms with Crippen LogP contribution in [-0.4, -0.2) is 33.1 Å². The van der Waals surface area contributed by atoms with E-state index in [4.69, 9.17) is 14.2 Å². The van der Waals surface area contributed by atoms with E-state index >= 15 is 0 Å². The molecule has 5 nitrogen and oxygen atoms in total. The molecular formula is C26H35NO4. The summed E-state index contributed by atoms with van der Waals surface area (Å²) in [6, 6.07) is 12.2. The molecule has 0 N–H and O–H groups in total. The summed E-state index contributed by atoms with van der Waals surface area (Å²) < 4.78 is 17.6. The van der Waals surface area contributed by atoms with Crippen LogP contribution in [0.4, 0.5) is 0 Å². The highest BCUT2D eigenvalue weighted by Crippen LogP contribution is 2.28. The quantitative estimate of drug-likeness (QED) is 0.160. The molecule has 0 saturated carbocycles. The summed E-state index contributed by atoms with van der Waals surface area (Å²) in [4.78, 5) is 4.69. The van der Waals surface area contributed by atoms with Crippen LogP contribution in [0.1, 0.15) is 42.9 Å². The Morgan fingerprint density at radius 2 is 1.61 bits per heavy atom. The minimum absolute atomic E-state index is 0.587. The molecular weight excluding hydrogens is 390 g/mol. The lowest BCUT2D eigenvalue weighted by molar-refractivity contribution is 0.215. The minimum Gasteiger partial charge on any atom is -0.494 e. The van der Waals surface area contributed by atoms with Crippen molar-refractivity contribution < 1.29 is 19.0 Å². The third kappa shape index (κ3) is 9.16. The van der Waals surface area contributed by atoms with E-state index in [-0.39, 0.29) is 0 Å². The Morgan fingerprint density at radius 3 is 2.32 bits per heavy atom.